The summed E-state index contributed by atoms with van der Waals surface area (Å²) in [5.41, 5.74) is 4.96. The lowest BCUT2D eigenvalue weighted by Gasteiger charge is -2.17. The molecule has 2 N–H and O–H groups in total. The normalized spacial score (nSPS) is 26.4. The molecule has 1 atom stereocenters. The molecule has 0 spiro atoms. The fraction of sp³-hybridized carbons (Fsp3) is 0.667. The maximum Gasteiger partial charge on any atom is 0.143 e. The van der Waals surface area contributed by atoms with Crippen molar-refractivity contribution in [2.75, 3.05) is 19.8 Å². The van der Waals surface area contributed by atoms with Gasteiger partial charge in [-0.3, -0.25) is 0 Å². The lowest BCUT2D eigenvalue weighted by molar-refractivity contribution is -0.0636. The Hall–Kier alpha value is -0.720. The van der Waals surface area contributed by atoms with Gasteiger partial charge in [0.15, 0.2) is 0 Å². The Morgan fingerprint density at radius 3 is 2.89 bits per heavy atom. The Kier molecular flexibility index (Phi) is 2.37. The van der Waals surface area contributed by atoms with E-state index in [9.17, 15) is 0 Å². The molecular weight excluding hydrogens is 118 g/mol. The molecule has 3 nitrogen and oxygen atoms in total. The van der Waals surface area contributed by atoms with E-state index in [-0.39, 0.29) is 6.10 Å². The van der Waals surface area contributed by atoms with Crippen molar-refractivity contribution >= 4 is 0 Å². The number of hydrogen-bond donors (Lipinski definition) is 1. The van der Waals surface area contributed by atoms with Gasteiger partial charge < -0.3 is 15.2 Å². The van der Waals surface area contributed by atoms with Gasteiger partial charge in [0.25, 0.3) is 0 Å². The summed E-state index contributed by atoms with van der Waals surface area (Å²) in [6, 6.07) is 2.28. The van der Waals surface area contributed by atoms with E-state index in [0.29, 0.717) is 19.8 Å². The molecule has 0 radical (unpaired) electrons. The van der Waals surface area contributed by atoms with Gasteiger partial charge in [-0.25, -0.2) is 0 Å². The van der Waals surface area contributed by atoms with Crippen molar-refractivity contribution in [1.82, 2.24) is 0 Å². The van der Waals surface area contributed by atoms with E-state index < -0.39 is 0 Å². The Labute approximate surface area is 54.1 Å². The number of nitrogens with two attached hydrogens (primary N) is 1. The van der Waals surface area contributed by atoms with Crippen LogP contribution in [0.1, 0.15) is 0 Å². The highest BCUT2D eigenvalue weighted by Gasteiger charge is 2.09. The Bertz CT molecular complexity index is 130. The molecule has 1 aliphatic rings. The van der Waals surface area contributed by atoms with E-state index in [4.69, 9.17) is 15.2 Å². The molecule has 0 aromatic rings. The van der Waals surface area contributed by atoms with Crippen molar-refractivity contribution < 1.29 is 9.47 Å². The highest BCUT2D eigenvalue weighted by Crippen LogP contribution is 1.97. The summed E-state index contributed by atoms with van der Waals surface area (Å²) in [5, 5.41) is 0. The topological polar surface area (TPSA) is 44.5 Å². The van der Waals surface area contributed by atoms with Crippen LogP contribution < -0.4 is 5.73 Å². The van der Waals surface area contributed by atoms with Crippen LogP contribution in [0.4, 0.5) is 0 Å². The van der Waals surface area contributed by atoms with Crippen molar-refractivity contribution in [2.24, 2.45) is 5.73 Å². The van der Waals surface area contributed by atoms with Gasteiger partial charge in [0.05, 0.1) is 19.8 Å². The Balaban J connectivity index is 2.28. The van der Waals surface area contributed by atoms with Crippen LogP contribution in [0.15, 0.2) is 0 Å². The third-order valence-corrected chi connectivity index (χ3v) is 1.06. The van der Waals surface area contributed by atoms with Gasteiger partial charge in [0, 0.05) is 6.04 Å². The van der Waals surface area contributed by atoms with Gasteiger partial charge in [-0.15, -0.1) is 0 Å². The molecule has 0 aromatic heterocycles. The summed E-state index contributed by atoms with van der Waals surface area (Å²) < 4.78 is 10.2. The minimum absolute atomic E-state index is 0.108. The standard InChI is InChI=1S/C6H9NO2/c7-2-1-6-5-8-3-4-9-6/h6H,3-5,7H2/t6-/m0/s1. The molecule has 0 saturated carbocycles. The number of rotatable bonds is 0. The fourth-order valence-corrected chi connectivity index (χ4v) is 0.664. The zero-order valence-corrected chi connectivity index (χ0v) is 5.09. The summed E-state index contributed by atoms with van der Waals surface area (Å²) >= 11 is 0. The molecule has 1 fully saturated rings. The minimum atomic E-state index is -0.108. The zero-order chi connectivity index (χ0) is 6.53. The van der Waals surface area contributed by atoms with Crippen molar-refractivity contribution in [1.29, 1.82) is 0 Å². The molecular formula is C6H9NO2. The molecule has 3 heteroatoms. The average Bonchev–Trinajstić information content (AvgIpc) is 1.91. The first-order valence-corrected chi connectivity index (χ1v) is 2.84. The van der Waals surface area contributed by atoms with Crippen LogP contribution in [0.25, 0.3) is 0 Å². The van der Waals surface area contributed by atoms with E-state index in [1.54, 1.807) is 0 Å². The van der Waals surface area contributed by atoms with Gasteiger partial charge >= 0.3 is 0 Å². The smallest absolute Gasteiger partial charge is 0.143 e. The molecule has 0 bridgehead atoms. The van der Waals surface area contributed by atoms with E-state index >= 15 is 0 Å². The predicted octanol–water partition coefficient (Wildman–Crippen LogP) is -0.679. The van der Waals surface area contributed by atoms with Crippen LogP contribution in [-0.2, 0) is 9.47 Å². The summed E-state index contributed by atoms with van der Waals surface area (Å²) in [6.45, 7) is 1.84. The van der Waals surface area contributed by atoms with Gasteiger partial charge in [-0.2, -0.15) is 0 Å². The molecule has 1 saturated heterocycles. The van der Waals surface area contributed by atoms with E-state index in [0.717, 1.165) is 0 Å². The fourth-order valence-electron chi connectivity index (χ4n) is 0.664. The molecule has 1 heterocycles. The van der Waals surface area contributed by atoms with Crippen molar-refractivity contribution in [3.8, 4) is 12.0 Å². The maximum absolute atomic E-state index is 5.14. The number of ether oxygens (including phenoxy) is 2. The molecule has 0 aliphatic carbocycles. The second-order valence-corrected chi connectivity index (χ2v) is 1.72. The van der Waals surface area contributed by atoms with Crippen molar-refractivity contribution in [3.05, 3.63) is 0 Å². The first-order chi connectivity index (χ1) is 4.43. The average molecular weight is 127 g/mol. The maximum atomic E-state index is 5.14. The van der Waals surface area contributed by atoms with E-state index in [1.807, 2.05) is 0 Å². The molecule has 0 unspecified atom stereocenters. The molecule has 0 aromatic carbocycles. The molecule has 1 aliphatic heterocycles. The van der Waals surface area contributed by atoms with Gasteiger partial charge in [0.2, 0.25) is 0 Å². The quantitative estimate of drug-likeness (QED) is 0.346. The summed E-state index contributed by atoms with van der Waals surface area (Å²) in [7, 11) is 0. The van der Waals surface area contributed by atoms with Crippen LogP contribution >= 0.6 is 0 Å². The van der Waals surface area contributed by atoms with Crippen LogP contribution in [0.3, 0.4) is 0 Å². The molecule has 9 heavy (non-hydrogen) atoms. The van der Waals surface area contributed by atoms with E-state index in [2.05, 4.69) is 12.0 Å². The summed E-state index contributed by atoms with van der Waals surface area (Å²) in [4.78, 5) is 0. The second kappa shape index (κ2) is 3.33. The van der Waals surface area contributed by atoms with E-state index in [1.165, 1.54) is 0 Å². The highest BCUT2D eigenvalue weighted by atomic mass is 16.6. The van der Waals surface area contributed by atoms with Crippen LogP contribution in [0.5, 0.6) is 0 Å². The molecule has 50 valence electrons. The lowest BCUT2D eigenvalue weighted by atomic mass is 10.4. The van der Waals surface area contributed by atoms with Gasteiger partial charge in [0.1, 0.15) is 6.10 Å². The van der Waals surface area contributed by atoms with Crippen LogP contribution in [-0.4, -0.2) is 25.9 Å². The van der Waals surface area contributed by atoms with Crippen molar-refractivity contribution in [3.63, 3.8) is 0 Å². The van der Waals surface area contributed by atoms with Gasteiger partial charge in [-0.1, -0.05) is 0 Å². The first kappa shape index (κ1) is 6.40. The van der Waals surface area contributed by atoms with Crippen LogP contribution in [0.2, 0.25) is 0 Å². The second-order valence-electron chi connectivity index (χ2n) is 1.72. The predicted molar refractivity (Wildman–Crippen MR) is 32.5 cm³/mol. The third kappa shape index (κ3) is 1.92. The first-order valence-electron chi connectivity index (χ1n) is 2.84. The largest absolute Gasteiger partial charge is 0.375 e. The zero-order valence-electron chi connectivity index (χ0n) is 5.09. The van der Waals surface area contributed by atoms with Gasteiger partial charge in [-0.05, 0) is 5.92 Å². The highest BCUT2D eigenvalue weighted by molar-refractivity contribution is 5.02. The lowest BCUT2D eigenvalue weighted by Crippen LogP contribution is -2.27. The Morgan fingerprint density at radius 2 is 2.33 bits per heavy atom. The summed E-state index contributed by atoms with van der Waals surface area (Å²) in [5.74, 6) is 2.66. The molecule has 0 amide bonds. The Morgan fingerprint density at radius 1 is 1.44 bits per heavy atom. The molecule has 1 rings (SSSR count). The number of hydrogen-bond acceptors (Lipinski definition) is 3. The monoisotopic (exact) mass is 127 g/mol. The summed E-state index contributed by atoms with van der Waals surface area (Å²) in [6.07, 6.45) is -0.108. The van der Waals surface area contributed by atoms with Crippen molar-refractivity contribution in [2.45, 2.75) is 6.10 Å². The van der Waals surface area contributed by atoms with Crippen LogP contribution in [0, 0.1) is 12.0 Å². The SMILES string of the molecule is NC#C[C@H]1COCCO1. The minimum Gasteiger partial charge on any atom is -0.375 e. The third-order valence-electron chi connectivity index (χ3n) is 1.06.